The zero-order valence-corrected chi connectivity index (χ0v) is 18.1. The Morgan fingerprint density at radius 2 is 2.10 bits per heavy atom. The number of rotatable bonds is 5. The molecule has 0 spiro atoms. The lowest BCUT2D eigenvalue weighted by molar-refractivity contribution is -0.131. The maximum Gasteiger partial charge on any atom is 0.262 e. The fourth-order valence-electron chi connectivity index (χ4n) is 4.18. The largest absolute Gasteiger partial charge is 0.344 e. The summed E-state index contributed by atoms with van der Waals surface area (Å²) in [5, 5.41) is 7.85. The van der Waals surface area contributed by atoms with Crippen LogP contribution in [-0.2, 0) is 17.8 Å². The second-order valence-electron chi connectivity index (χ2n) is 7.74. The third-order valence-corrected chi connectivity index (χ3v) is 6.81. The van der Waals surface area contributed by atoms with Crippen molar-refractivity contribution in [3.05, 3.63) is 46.4 Å². The van der Waals surface area contributed by atoms with Gasteiger partial charge in [-0.3, -0.25) is 9.59 Å². The minimum absolute atomic E-state index is 0.111. The normalized spacial score (nSPS) is 17.1. The third-order valence-electron chi connectivity index (χ3n) is 5.60. The third kappa shape index (κ3) is 4.38. The molecule has 0 bridgehead atoms. The highest BCUT2D eigenvalue weighted by atomic mass is 32.1. The average molecular weight is 427 g/mol. The van der Waals surface area contributed by atoms with Crippen LogP contribution in [0.3, 0.4) is 0 Å². The Bertz CT molecular complexity index is 1060. The molecule has 0 radical (unpaired) electrons. The minimum atomic E-state index is -0.142. The van der Waals surface area contributed by atoms with Crippen molar-refractivity contribution in [2.24, 2.45) is 0 Å². The van der Waals surface area contributed by atoms with Crippen molar-refractivity contribution < 1.29 is 14.1 Å². The van der Waals surface area contributed by atoms with Crippen LogP contribution in [0, 0.1) is 6.92 Å². The fraction of sp³-hybridized carbons (Fsp3) is 0.455. The van der Waals surface area contributed by atoms with Gasteiger partial charge >= 0.3 is 0 Å². The van der Waals surface area contributed by atoms with Crippen molar-refractivity contribution in [2.75, 3.05) is 6.54 Å². The van der Waals surface area contributed by atoms with Gasteiger partial charge in [0.1, 0.15) is 0 Å². The molecule has 1 aromatic carbocycles. The molecule has 3 heterocycles. The van der Waals surface area contributed by atoms with Crippen LogP contribution in [-0.4, -0.2) is 39.4 Å². The van der Waals surface area contributed by atoms with Crippen LogP contribution < -0.4 is 5.32 Å². The van der Waals surface area contributed by atoms with E-state index in [-0.39, 0.29) is 24.4 Å². The number of nitrogens with zero attached hydrogens (tertiary/aromatic N) is 3. The number of fused-ring (bicyclic) bond motifs is 1. The predicted octanol–water partition coefficient (Wildman–Crippen LogP) is 3.86. The number of hydrogen-bond donors (Lipinski definition) is 1. The van der Waals surface area contributed by atoms with Gasteiger partial charge in [0.05, 0.1) is 11.4 Å². The molecule has 1 saturated heterocycles. The van der Waals surface area contributed by atoms with Gasteiger partial charge in [0, 0.05) is 31.1 Å². The van der Waals surface area contributed by atoms with E-state index in [1.165, 1.54) is 11.3 Å². The molecule has 0 aliphatic carbocycles. The van der Waals surface area contributed by atoms with Gasteiger partial charge in [-0.15, -0.1) is 11.3 Å². The number of thiophene rings is 1. The van der Waals surface area contributed by atoms with E-state index in [4.69, 9.17) is 4.52 Å². The van der Waals surface area contributed by atoms with Crippen LogP contribution in [0.2, 0.25) is 0 Å². The molecule has 1 aliphatic rings. The zero-order valence-electron chi connectivity index (χ0n) is 17.3. The van der Waals surface area contributed by atoms with Crippen LogP contribution in [0.1, 0.15) is 59.6 Å². The minimum Gasteiger partial charge on any atom is -0.344 e. The second kappa shape index (κ2) is 8.95. The molecule has 1 fully saturated rings. The molecule has 2 amide bonds. The summed E-state index contributed by atoms with van der Waals surface area (Å²) in [7, 11) is 0. The van der Waals surface area contributed by atoms with Crippen molar-refractivity contribution in [1.82, 2.24) is 20.4 Å². The number of nitrogens with one attached hydrogen (secondary N) is 1. The maximum absolute atomic E-state index is 13.1. The Morgan fingerprint density at radius 3 is 2.87 bits per heavy atom. The van der Waals surface area contributed by atoms with Gasteiger partial charge in [-0.05, 0) is 36.3 Å². The molecule has 1 N–H and O–H groups in total. The van der Waals surface area contributed by atoms with Crippen LogP contribution in [0.25, 0.3) is 10.1 Å². The van der Waals surface area contributed by atoms with Gasteiger partial charge in [-0.25, -0.2) is 0 Å². The number of amides is 2. The van der Waals surface area contributed by atoms with E-state index in [2.05, 4.69) is 21.5 Å². The molecular formula is C22H26N4O3S. The topological polar surface area (TPSA) is 88.3 Å². The van der Waals surface area contributed by atoms with E-state index in [0.29, 0.717) is 23.0 Å². The zero-order chi connectivity index (χ0) is 21.1. The van der Waals surface area contributed by atoms with Gasteiger partial charge < -0.3 is 14.7 Å². The summed E-state index contributed by atoms with van der Waals surface area (Å²) >= 11 is 1.50. The maximum atomic E-state index is 13.1. The van der Waals surface area contributed by atoms with E-state index in [1.54, 1.807) is 13.8 Å². The summed E-state index contributed by atoms with van der Waals surface area (Å²) in [6.45, 7) is 4.37. The number of hydrogen-bond acceptors (Lipinski definition) is 6. The molecule has 1 atom stereocenters. The monoisotopic (exact) mass is 426 g/mol. The summed E-state index contributed by atoms with van der Waals surface area (Å²) in [6, 6.07) is 8.21. The predicted molar refractivity (Wildman–Crippen MR) is 115 cm³/mol. The SMILES string of the molecule is CC(=O)N1CCCCCC1Cc1c(C(=O)NCc2noc(C)n2)sc2ccccc12. The van der Waals surface area contributed by atoms with Crippen LogP contribution in [0.4, 0.5) is 0 Å². The highest BCUT2D eigenvalue weighted by Gasteiger charge is 2.27. The first kappa shape index (κ1) is 20.5. The first-order chi connectivity index (χ1) is 14.5. The number of carbonyl (C=O) groups is 2. The average Bonchev–Trinajstić information content (AvgIpc) is 3.22. The van der Waals surface area contributed by atoms with E-state index >= 15 is 0 Å². The quantitative estimate of drug-likeness (QED) is 0.669. The number of benzene rings is 1. The summed E-state index contributed by atoms with van der Waals surface area (Å²) in [6.07, 6.45) is 4.94. The van der Waals surface area contributed by atoms with Crippen molar-refractivity contribution in [3.8, 4) is 0 Å². The Morgan fingerprint density at radius 1 is 1.27 bits per heavy atom. The van der Waals surface area contributed by atoms with Gasteiger partial charge in [0.2, 0.25) is 11.8 Å². The number of aryl methyl sites for hydroxylation is 1. The fourth-order valence-corrected chi connectivity index (χ4v) is 5.33. The molecule has 2 aromatic heterocycles. The van der Waals surface area contributed by atoms with Gasteiger partial charge in [0.15, 0.2) is 5.82 Å². The summed E-state index contributed by atoms with van der Waals surface area (Å²) in [5.41, 5.74) is 1.02. The standard InChI is InChI=1S/C22H26N4O3S/c1-14-24-20(25-29-14)13-23-22(28)21-18(17-9-5-6-10-19(17)30-21)12-16-8-4-3-7-11-26(16)15(2)27/h5-6,9-10,16H,3-4,7-8,11-13H2,1-2H3,(H,23,28). The molecule has 8 heteroatoms. The molecule has 7 nitrogen and oxygen atoms in total. The lowest BCUT2D eigenvalue weighted by Crippen LogP contribution is -2.40. The Labute approximate surface area is 179 Å². The number of aromatic nitrogens is 2. The van der Waals surface area contributed by atoms with Crippen molar-refractivity contribution in [1.29, 1.82) is 0 Å². The van der Waals surface area contributed by atoms with Crippen molar-refractivity contribution >= 4 is 33.2 Å². The molecule has 0 saturated carbocycles. The summed E-state index contributed by atoms with van der Waals surface area (Å²) < 4.78 is 6.05. The van der Waals surface area contributed by atoms with E-state index in [0.717, 1.165) is 47.9 Å². The van der Waals surface area contributed by atoms with E-state index < -0.39 is 0 Å². The highest BCUT2D eigenvalue weighted by molar-refractivity contribution is 7.21. The number of likely N-dealkylation sites (tertiary alicyclic amines) is 1. The van der Waals surface area contributed by atoms with Gasteiger partial charge in [0.25, 0.3) is 5.91 Å². The van der Waals surface area contributed by atoms with Crippen LogP contribution in [0.5, 0.6) is 0 Å². The smallest absolute Gasteiger partial charge is 0.262 e. The molecular weight excluding hydrogens is 400 g/mol. The summed E-state index contributed by atoms with van der Waals surface area (Å²) in [5.74, 6) is 0.895. The Balaban J connectivity index is 1.62. The molecule has 30 heavy (non-hydrogen) atoms. The van der Waals surface area contributed by atoms with Gasteiger partial charge in [-0.1, -0.05) is 36.2 Å². The van der Waals surface area contributed by atoms with E-state index in [1.807, 2.05) is 23.1 Å². The highest BCUT2D eigenvalue weighted by Crippen LogP contribution is 2.34. The molecule has 3 aromatic rings. The molecule has 4 rings (SSSR count). The first-order valence-corrected chi connectivity index (χ1v) is 11.2. The Hall–Kier alpha value is -2.74. The van der Waals surface area contributed by atoms with Gasteiger partial charge in [-0.2, -0.15) is 4.98 Å². The molecule has 1 unspecified atom stereocenters. The van der Waals surface area contributed by atoms with Crippen molar-refractivity contribution in [2.45, 2.75) is 58.5 Å². The first-order valence-electron chi connectivity index (χ1n) is 10.4. The Kier molecular flexibility index (Phi) is 6.13. The van der Waals surface area contributed by atoms with Crippen molar-refractivity contribution in [3.63, 3.8) is 0 Å². The lowest BCUT2D eigenvalue weighted by atomic mass is 9.98. The van der Waals surface area contributed by atoms with Crippen LogP contribution >= 0.6 is 11.3 Å². The van der Waals surface area contributed by atoms with Crippen LogP contribution in [0.15, 0.2) is 28.8 Å². The van der Waals surface area contributed by atoms with E-state index in [9.17, 15) is 9.59 Å². The lowest BCUT2D eigenvalue weighted by Gasteiger charge is -2.29. The molecule has 1 aliphatic heterocycles. The summed E-state index contributed by atoms with van der Waals surface area (Å²) in [4.78, 5) is 32.2. The number of carbonyl (C=O) groups excluding carboxylic acids is 2. The molecule has 158 valence electrons. The second-order valence-corrected chi connectivity index (χ2v) is 8.79.